The van der Waals surface area contributed by atoms with Crippen LogP contribution in [0.25, 0.3) is 10.9 Å². The lowest BCUT2D eigenvalue weighted by Gasteiger charge is -2.61. The monoisotopic (exact) mass is 466 g/mol. The highest BCUT2D eigenvalue weighted by Gasteiger charge is 2.60. The summed E-state index contributed by atoms with van der Waals surface area (Å²) in [6.07, 6.45) is 13.9. The number of carbonyl (C=O) groups excluding carboxylic acids is 1. The normalized spacial score (nSPS) is 42.5. The Hall–Kier alpha value is -1.35. The average Bonchev–Trinajstić information content (AvgIpc) is 3.34. The molecule has 0 radical (unpaired) electrons. The summed E-state index contributed by atoms with van der Waals surface area (Å²) < 4.78 is 1.88. The summed E-state index contributed by atoms with van der Waals surface area (Å²) in [7, 11) is 0. The largest absolute Gasteiger partial charge is 0.297 e. The summed E-state index contributed by atoms with van der Waals surface area (Å²) in [5.74, 6) is 4.86. The summed E-state index contributed by atoms with van der Waals surface area (Å²) in [5, 5.41) is 6.29. The number of benzene rings is 1. The number of ketones is 1. The van der Waals surface area contributed by atoms with Gasteiger partial charge < -0.3 is 0 Å². The minimum absolute atomic E-state index is 0.171. The number of Topliss-reactive ketones (excluding diaryl/α,β-unsaturated/α-hetero) is 1. The lowest BCUT2D eigenvalue weighted by Crippen LogP contribution is -2.53. The third kappa shape index (κ3) is 3.35. The first-order chi connectivity index (χ1) is 15.8. The van der Waals surface area contributed by atoms with E-state index in [1.165, 1.54) is 51.4 Å². The van der Waals surface area contributed by atoms with Gasteiger partial charge in [-0.05, 0) is 110 Å². The number of nitrogens with zero attached hydrogens (tertiary/aromatic N) is 2. The molecule has 0 N–H and O–H groups in total. The molecule has 8 atom stereocenters. The first kappa shape index (κ1) is 22.1. The fourth-order valence-electron chi connectivity index (χ4n) is 9.43. The lowest BCUT2D eigenvalue weighted by atomic mass is 9.44. The maximum atomic E-state index is 13.7. The number of fused-ring (bicyclic) bond motifs is 6. The Morgan fingerprint density at radius 3 is 2.70 bits per heavy atom. The quantitative estimate of drug-likeness (QED) is 0.467. The van der Waals surface area contributed by atoms with E-state index in [1.807, 2.05) is 29.1 Å². The molecule has 0 bridgehead atoms. The predicted molar refractivity (Wildman–Crippen MR) is 134 cm³/mol. The van der Waals surface area contributed by atoms with Crippen LogP contribution in [0.15, 0.2) is 24.4 Å². The molecule has 33 heavy (non-hydrogen) atoms. The van der Waals surface area contributed by atoms with Crippen molar-refractivity contribution in [3.05, 3.63) is 29.4 Å². The van der Waals surface area contributed by atoms with Crippen molar-refractivity contribution in [2.45, 2.75) is 85.1 Å². The Labute approximate surface area is 203 Å². The summed E-state index contributed by atoms with van der Waals surface area (Å²) >= 11 is 6.23. The molecular formula is C29H39ClN2O. The third-order valence-electron chi connectivity index (χ3n) is 11.2. The molecule has 1 heterocycles. The van der Waals surface area contributed by atoms with Crippen LogP contribution in [-0.2, 0) is 11.3 Å². The smallest absolute Gasteiger partial charge is 0.157 e. The van der Waals surface area contributed by atoms with Gasteiger partial charge in [0.2, 0.25) is 0 Å². The van der Waals surface area contributed by atoms with Crippen molar-refractivity contribution < 1.29 is 4.79 Å². The number of hydrogen-bond acceptors (Lipinski definition) is 2. The van der Waals surface area contributed by atoms with Crippen molar-refractivity contribution in [3.63, 3.8) is 0 Å². The molecule has 0 spiro atoms. The first-order valence-electron chi connectivity index (χ1n) is 13.4. The number of aromatic nitrogens is 2. The highest BCUT2D eigenvalue weighted by atomic mass is 35.5. The fraction of sp³-hybridized carbons (Fsp3) is 0.724. The molecule has 4 saturated carbocycles. The van der Waals surface area contributed by atoms with Gasteiger partial charge in [-0.15, -0.1) is 0 Å². The molecule has 0 amide bonds. The highest BCUT2D eigenvalue weighted by Crippen LogP contribution is 2.67. The van der Waals surface area contributed by atoms with Crippen molar-refractivity contribution in [1.82, 2.24) is 9.78 Å². The van der Waals surface area contributed by atoms with Crippen molar-refractivity contribution in [1.29, 1.82) is 0 Å². The minimum atomic E-state index is 0.171. The predicted octanol–water partition coefficient (Wildman–Crippen LogP) is 7.55. The molecule has 4 aliphatic rings. The van der Waals surface area contributed by atoms with E-state index in [0.717, 1.165) is 46.9 Å². The minimum Gasteiger partial charge on any atom is -0.297 e. The van der Waals surface area contributed by atoms with Crippen LogP contribution in [0.3, 0.4) is 0 Å². The van der Waals surface area contributed by atoms with E-state index in [4.69, 9.17) is 11.6 Å². The summed E-state index contributed by atoms with van der Waals surface area (Å²) in [5.41, 5.74) is 1.69. The summed E-state index contributed by atoms with van der Waals surface area (Å²) in [6, 6.07) is 5.81. The van der Waals surface area contributed by atoms with Gasteiger partial charge >= 0.3 is 0 Å². The van der Waals surface area contributed by atoms with Crippen molar-refractivity contribution in [2.24, 2.45) is 46.3 Å². The molecular weight excluding hydrogens is 428 g/mol. The zero-order valence-electron chi connectivity index (χ0n) is 20.5. The molecule has 4 aliphatic carbocycles. The number of rotatable bonds is 3. The van der Waals surface area contributed by atoms with Gasteiger partial charge in [-0.2, -0.15) is 5.10 Å². The highest BCUT2D eigenvalue weighted by molar-refractivity contribution is 6.31. The molecule has 3 nitrogen and oxygen atoms in total. The van der Waals surface area contributed by atoms with E-state index in [9.17, 15) is 4.79 Å². The molecule has 0 aliphatic heterocycles. The standard InChI is InChI=1S/C29H39ClN2O/c1-18-10-12-28(2)20(14-18)5-7-22-23-8-9-25(29(23,3)13-11-24(22)28)27(33)17-32-26-15-21(30)6-4-19(26)16-31-32/h4,6,15-16,18,20,22-25H,5,7-14,17H2,1-3H3/t18-,20?,22?,23?,24?,25?,28?,29?/m0/s1. The molecule has 6 rings (SSSR count). The van der Waals surface area contributed by atoms with E-state index in [1.54, 1.807) is 0 Å². The van der Waals surface area contributed by atoms with Gasteiger partial charge in [0, 0.05) is 16.3 Å². The number of hydrogen-bond donors (Lipinski definition) is 0. The van der Waals surface area contributed by atoms with Gasteiger partial charge in [0.1, 0.15) is 6.54 Å². The SMILES string of the molecule is C[C@H]1CCC2(C)C(CCC3C2CCC2(C)C(C(=O)Cn4ncc5ccc(Cl)cc54)CCC32)C1. The van der Waals surface area contributed by atoms with Crippen LogP contribution >= 0.6 is 11.6 Å². The molecule has 4 fully saturated rings. The average molecular weight is 467 g/mol. The second-order valence-electron chi connectivity index (χ2n) is 12.7. The van der Waals surface area contributed by atoms with Crippen molar-refractivity contribution in [3.8, 4) is 0 Å². The molecule has 1 aromatic carbocycles. The Balaban J connectivity index is 1.23. The molecule has 178 valence electrons. The maximum absolute atomic E-state index is 13.7. The molecule has 4 heteroatoms. The first-order valence-corrected chi connectivity index (χ1v) is 13.8. The van der Waals surface area contributed by atoms with Gasteiger partial charge in [-0.3, -0.25) is 9.48 Å². The van der Waals surface area contributed by atoms with Crippen LogP contribution in [0.2, 0.25) is 5.02 Å². The zero-order chi connectivity index (χ0) is 23.0. The van der Waals surface area contributed by atoms with E-state index < -0.39 is 0 Å². The zero-order valence-corrected chi connectivity index (χ0v) is 21.3. The van der Waals surface area contributed by atoms with Crippen LogP contribution in [0.5, 0.6) is 0 Å². The topological polar surface area (TPSA) is 34.9 Å². The van der Waals surface area contributed by atoms with Crippen LogP contribution in [0, 0.1) is 46.3 Å². The maximum Gasteiger partial charge on any atom is 0.157 e. The molecule has 2 aromatic rings. The molecule has 0 saturated heterocycles. The number of halogens is 1. The van der Waals surface area contributed by atoms with E-state index >= 15 is 0 Å². The molecule has 1 aromatic heterocycles. The molecule has 7 unspecified atom stereocenters. The van der Waals surface area contributed by atoms with Crippen LogP contribution in [0.1, 0.15) is 78.6 Å². The van der Waals surface area contributed by atoms with E-state index in [0.29, 0.717) is 22.8 Å². The Morgan fingerprint density at radius 1 is 1.06 bits per heavy atom. The fourth-order valence-corrected chi connectivity index (χ4v) is 9.60. The van der Waals surface area contributed by atoms with Crippen LogP contribution in [-0.4, -0.2) is 15.6 Å². The second-order valence-corrected chi connectivity index (χ2v) is 13.1. The lowest BCUT2D eigenvalue weighted by molar-refractivity contribution is -0.137. The summed E-state index contributed by atoms with van der Waals surface area (Å²) in [4.78, 5) is 13.7. The van der Waals surface area contributed by atoms with E-state index in [2.05, 4.69) is 25.9 Å². The Kier molecular flexibility index (Phi) is 5.25. The third-order valence-corrected chi connectivity index (χ3v) is 11.5. The number of carbonyl (C=O) groups is 1. The van der Waals surface area contributed by atoms with Gasteiger partial charge in [-0.25, -0.2) is 0 Å². The van der Waals surface area contributed by atoms with Gasteiger partial charge in [0.15, 0.2) is 5.78 Å². The second kappa shape index (κ2) is 7.83. The van der Waals surface area contributed by atoms with Gasteiger partial charge in [0.05, 0.1) is 11.7 Å². The Bertz CT molecular complexity index is 1080. The summed E-state index contributed by atoms with van der Waals surface area (Å²) in [6.45, 7) is 7.96. The van der Waals surface area contributed by atoms with Crippen LogP contribution < -0.4 is 0 Å². The van der Waals surface area contributed by atoms with Crippen molar-refractivity contribution >= 4 is 28.3 Å². The Morgan fingerprint density at radius 2 is 1.85 bits per heavy atom. The van der Waals surface area contributed by atoms with Crippen molar-refractivity contribution in [2.75, 3.05) is 0 Å². The van der Waals surface area contributed by atoms with Crippen LogP contribution in [0.4, 0.5) is 0 Å². The van der Waals surface area contributed by atoms with E-state index in [-0.39, 0.29) is 11.3 Å². The van der Waals surface area contributed by atoms with Gasteiger partial charge in [0.25, 0.3) is 0 Å². The van der Waals surface area contributed by atoms with Gasteiger partial charge in [-0.1, -0.05) is 38.8 Å².